The molecule has 1 rings (SSSR count). The van der Waals surface area contributed by atoms with Gasteiger partial charge >= 0.3 is 0 Å². The Kier molecular flexibility index (Phi) is 4.74. The Bertz CT molecular complexity index is 340. The van der Waals surface area contributed by atoms with Crippen molar-refractivity contribution in [1.29, 1.82) is 0 Å². The van der Waals surface area contributed by atoms with E-state index in [1.807, 2.05) is 13.0 Å². The van der Waals surface area contributed by atoms with Crippen LogP contribution in [0.15, 0.2) is 22.9 Å². The third-order valence-corrected chi connectivity index (χ3v) is 2.66. The maximum Gasteiger partial charge on any atom is 0.0793 e. The summed E-state index contributed by atoms with van der Waals surface area (Å²) in [4.78, 5) is 4.05. The standard InChI is InChI=1S/C12H19BrN2O/c1-9(2)5-12(3,16)8-15-11-4-10(13)6-14-7-11/h4,6-7,9,15-16H,5,8H2,1-3H3. The van der Waals surface area contributed by atoms with E-state index < -0.39 is 5.60 Å². The molecule has 0 spiro atoms. The zero-order valence-corrected chi connectivity index (χ0v) is 11.6. The normalized spacial score (nSPS) is 14.9. The highest BCUT2D eigenvalue weighted by atomic mass is 79.9. The fourth-order valence-corrected chi connectivity index (χ4v) is 2.12. The smallest absolute Gasteiger partial charge is 0.0793 e. The van der Waals surface area contributed by atoms with Gasteiger partial charge in [-0.1, -0.05) is 13.8 Å². The van der Waals surface area contributed by atoms with Crippen LogP contribution >= 0.6 is 15.9 Å². The number of aliphatic hydroxyl groups is 1. The zero-order chi connectivity index (χ0) is 12.2. The predicted octanol–water partition coefficient (Wildman–Crippen LogP) is 3.05. The molecule has 1 atom stereocenters. The molecule has 0 aliphatic heterocycles. The Morgan fingerprint density at radius 2 is 2.19 bits per heavy atom. The molecule has 2 N–H and O–H groups in total. The van der Waals surface area contributed by atoms with Crippen LogP contribution in [0.25, 0.3) is 0 Å². The van der Waals surface area contributed by atoms with Gasteiger partial charge in [0.1, 0.15) is 0 Å². The summed E-state index contributed by atoms with van der Waals surface area (Å²) in [5, 5.41) is 13.3. The van der Waals surface area contributed by atoms with Crippen LogP contribution < -0.4 is 5.32 Å². The number of nitrogens with zero attached hydrogens (tertiary/aromatic N) is 1. The quantitative estimate of drug-likeness (QED) is 0.875. The zero-order valence-electron chi connectivity index (χ0n) is 10.00. The van der Waals surface area contributed by atoms with Crippen molar-refractivity contribution in [3.63, 3.8) is 0 Å². The topological polar surface area (TPSA) is 45.1 Å². The van der Waals surface area contributed by atoms with E-state index in [-0.39, 0.29) is 0 Å². The lowest BCUT2D eigenvalue weighted by atomic mass is 9.94. The van der Waals surface area contributed by atoms with E-state index in [1.54, 1.807) is 12.4 Å². The molecule has 16 heavy (non-hydrogen) atoms. The molecular weight excluding hydrogens is 268 g/mol. The molecule has 0 saturated carbocycles. The summed E-state index contributed by atoms with van der Waals surface area (Å²) < 4.78 is 0.931. The van der Waals surface area contributed by atoms with Crippen molar-refractivity contribution in [2.75, 3.05) is 11.9 Å². The van der Waals surface area contributed by atoms with Crippen LogP contribution in [0, 0.1) is 5.92 Å². The molecule has 0 aliphatic carbocycles. The van der Waals surface area contributed by atoms with Gasteiger partial charge in [-0.05, 0) is 41.3 Å². The molecule has 0 radical (unpaired) electrons. The lowest BCUT2D eigenvalue weighted by Crippen LogP contribution is -2.34. The van der Waals surface area contributed by atoms with Crippen molar-refractivity contribution in [1.82, 2.24) is 4.98 Å². The molecule has 1 unspecified atom stereocenters. The molecule has 1 heterocycles. The summed E-state index contributed by atoms with van der Waals surface area (Å²) in [5.74, 6) is 0.484. The summed E-state index contributed by atoms with van der Waals surface area (Å²) in [6.45, 7) is 6.60. The van der Waals surface area contributed by atoms with Crippen LogP contribution in [-0.2, 0) is 0 Å². The first-order chi connectivity index (χ1) is 7.39. The highest BCUT2D eigenvalue weighted by Crippen LogP contribution is 2.18. The number of rotatable bonds is 5. The number of hydrogen-bond donors (Lipinski definition) is 2. The molecule has 3 nitrogen and oxygen atoms in total. The third kappa shape index (κ3) is 4.94. The van der Waals surface area contributed by atoms with Gasteiger partial charge in [-0.3, -0.25) is 4.98 Å². The summed E-state index contributed by atoms with van der Waals surface area (Å²) in [6.07, 6.45) is 4.26. The van der Waals surface area contributed by atoms with Gasteiger partial charge in [0.15, 0.2) is 0 Å². The van der Waals surface area contributed by atoms with E-state index in [4.69, 9.17) is 0 Å². The van der Waals surface area contributed by atoms with Crippen molar-refractivity contribution in [3.8, 4) is 0 Å². The first-order valence-electron chi connectivity index (χ1n) is 5.46. The van der Waals surface area contributed by atoms with Crippen LogP contribution in [0.4, 0.5) is 5.69 Å². The van der Waals surface area contributed by atoms with Gasteiger partial charge in [0.05, 0.1) is 17.5 Å². The SMILES string of the molecule is CC(C)CC(C)(O)CNc1cncc(Br)c1. The molecule has 0 saturated heterocycles. The van der Waals surface area contributed by atoms with Gasteiger partial charge in [0, 0.05) is 17.2 Å². The van der Waals surface area contributed by atoms with Crippen LogP contribution in [0.2, 0.25) is 0 Å². The van der Waals surface area contributed by atoms with E-state index in [0.29, 0.717) is 12.5 Å². The van der Waals surface area contributed by atoms with E-state index >= 15 is 0 Å². The summed E-state index contributed by atoms with van der Waals surface area (Å²) in [7, 11) is 0. The lowest BCUT2D eigenvalue weighted by Gasteiger charge is -2.26. The second-order valence-electron chi connectivity index (χ2n) is 4.84. The van der Waals surface area contributed by atoms with E-state index in [0.717, 1.165) is 16.6 Å². The van der Waals surface area contributed by atoms with E-state index in [1.165, 1.54) is 0 Å². The maximum atomic E-state index is 10.1. The molecule has 0 aromatic carbocycles. The van der Waals surface area contributed by atoms with E-state index in [2.05, 4.69) is 40.1 Å². The van der Waals surface area contributed by atoms with Crippen molar-refractivity contribution in [2.45, 2.75) is 32.8 Å². The average Bonchev–Trinajstić information content (AvgIpc) is 2.13. The van der Waals surface area contributed by atoms with Gasteiger partial charge in [-0.25, -0.2) is 0 Å². The third-order valence-electron chi connectivity index (χ3n) is 2.23. The molecule has 0 aliphatic rings. The largest absolute Gasteiger partial charge is 0.388 e. The minimum Gasteiger partial charge on any atom is -0.388 e. The number of hydrogen-bond acceptors (Lipinski definition) is 3. The number of nitrogens with one attached hydrogen (secondary N) is 1. The minimum atomic E-state index is -0.684. The average molecular weight is 287 g/mol. The summed E-state index contributed by atoms with van der Waals surface area (Å²) >= 11 is 3.36. The molecule has 1 aromatic rings. The fourth-order valence-electron chi connectivity index (χ4n) is 1.75. The van der Waals surface area contributed by atoms with Gasteiger partial charge in [0.25, 0.3) is 0 Å². The summed E-state index contributed by atoms with van der Waals surface area (Å²) in [5.41, 5.74) is 0.231. The number of halogens is 1. The van der Waals surface area contributed by atoms with Crippen molar-refractivity contribution >= 4 is 21.6 Å². The Morgan fingerprint density at radius 1 is 1.50 bits per heavy atom. The van der Waals surface area contributed by atoms with Crippen molar-refractivity contribution in [3.05, 3.63) is 22.9 Å². The molecule has 0 amide bonds. The Hall–Kier alpha value is -0.610. The Morgan fingerprint density at radius 3 is 2.75 bits per heavy atom. The van der Waals surface area contributed by atoms with Crippen LogP contribution in [0.3, 0.4) is 0 Å². The monoisotopic (exact) mass is 286 g/mol. The second-order valence-corrected chi connectivity index (χ2v) is 5.76. The van der Waals surface area contributed by atoms with Gasteiger partial charge in [-0.15, -0.1) is 0 Å². The Balaban J connectivity index is 2.50. The highest BCUT2D eigenvalue weighted by molar-refractivity contribution is 9.10. The van der Waals surface area contributed by atoms with Crippen LogP contribution in [0.5, 0.6) is 0 Å². The highest BCUT2D eigenvalue weighted by Gasteiger charge is 2.21. The molecule has 0 fully saturated rings. The molecular formula is C12H19BrN2O. The molecule has 4 heteroatoms. The molecule has 90 valence electrons. The van der Waals surface area contributed by atoms with Gasteiger partial charge in [-0.2, -0.15) is 0 Å². The Labute approximate surface area is 105 Å². The van der Waals surface area contributed by atoms with Crippen molar-refractivity contribution in [2.24, 2.45) is 5.92 Å². The van der Waals surface area contributed by atoms with Gasteiger partial charge in [0.2, 0.25) is 0 Å². The minimum absolute atomic E-state index is 0.484. The number of aromatic nitrogens is 1. The van der Waals surface area contributed by atoms with Crippen molar-refractivity contribution < 1.29 is 5.11 Å². The molecule has 0 bridgehead atoms. The summed E-state index contributed by atoms with van der Waals surface area (Å²) in [6, 6.07) is 1.94. The first kappa shape index (κ1) is 13.5. The predicted molar refractivity (Wildman–Crippen MR) is 70.5 cm³/mol. The first-order valence-corrected chi connectivity index (χ1v) is 6.25. The second kappa shape index (κ2) is 5.64. The number of anilines is 1. The van der Waals surface area contributed by atoms with Gasteiger partial charge < -0.3 is 10.4 Å². The van der Waals surface area contributed by atoms with Crippen LogP contribution in [-0.4, -0.2) is 22.2 Å². The molecule has 1 aromatic heterocycles. The number of pyridine rings is 1. The fraction of sp³-hybridized carbons (Fsp3) is 0.583. The lowest BCUT2D eigenvalue weighted by molar-refractivity contribution is 0.0515. The van der Waals surface area contributed by atoms with Crippen LogP contribution in [0.1, 0.15) is 27.2 Å². The maximum absolute atomic E-state index is 10.1. The van der Waals surface area contributed by atoms with E-state index in [9.17, 15) is 5.11 Å².